The topological polar surface area (TPSA) is 58.3 Å². The van der Waals surface area contributed by atoms with Crippen molar-refractivity contribution in [3.8, 4) is 0 Å². The van der Waals surface area contributed by atoms with Crippen LogP contribution in [0.4, 0.5) is 0 Å². The Hall–Kier alpha value is -0.120. The summed E-state index contributed by atoms with van der Waals surface area (Å²) in [5.41, 5.74) is 6.79. The minimum Gasteiger partial charge on any atom is -0.393 e. The highest BCUT2D eigenvalue weighted by Gasteiger charge is 2.62. The molecule has 0 aromatic heterocycles. The number of hydrogen-bond donors (Lipinski definition) is 3. The maximum Gasteiger partial charge on any atom is 0.0543 e. The van der Waals surface area contributed by atoms with Crippen LogP contribution in [0.1, 0.15) is 112 Å². The summed E-state index contributed by atoms with van der Waals surface area (Å²) >= 11 is 0. The highest BCUT2D eigenvalue weighted by Crippen LogP contribution is 2.68. The van der Waals surface area contributed by atoms with E-state index in [1.54, 1.807) is 0 Å². The van der Waals surface area contributed by atoms with E-state index < -0.39 is 0 Å². The molecule has 0 saturated heterocycles. The van der Waals surface area contributed by atoms with Gasteiger partial charge < -0.3 is 16.2 Å². The van der Waals surface area contributed by atoms with E-state index in [1.807, 2.05) is 0 Å². The molecular weight excluding hydrogens is 404 g/mol. The second kappa shape index (κ2) is 10.5. The Bertz CT molecular complexity index is 637. The molecule has 0 aromatic carbocycles. The Kier molecular flexibility index (Phi) is 8.24. The predicted octanol–water partition coefficient (Wildman–Crippen LogP) is 6.39. The number of aliphatic hydroxyl groups excluding tert-OH is 1. The number of nitrogens with one attached hydrogen (secondary N) is 1. The normalized spacial score (nSPS) is 46.0. The first-order valence-corrected chi connectivity index (χ1v) is 14.8. The number of hydrogen-bond acceptors (Lipinski definition) is 3. The molecule has 4 N–H and O–H groups in total. The van der Waals surface area contributed by atoms with E-state index in [9.17, 15) is 5.11 Å². The average molecular weight is 461 g/mol. The first kappa shape index (κ1) is 26.0. The second-order valence-electron chi connectivity index (χ2n) is 13.9. The van der Waals surface area contributed by atoms with Crippen molar-refractivity contribution in [1.82, 2.24) is 5.32 Å². The standard InChI is InChI=1S/C30H56N2O/c1-20(2)8-6-9-21(3)24-10-11-25-23-19-28(32-17-7-16-31)27-18-22(33)12-14-30(27,5)26(23)13-15-29(24,25)4/h20-28,32-33H,6-19,31H2,1-5H3/t21-,22?,23?,24?,25?,26?,27?,28?,29?,30?/m1/s1. The summed E-state index contributed by atoms with van der Waals surface area (Å²) in [6.07, 6.45) is 15.6. The predicted molar refractivity (Wildman–Crippen MR) is 140 cm³/mol. The van der Waals surface area contributed by atoms with Gasteiger partial charge in [0.25, 0.3) is 0 Å². The van der Waals surface area contributed by atoms with Crippen molar-refractivity contribution in [3.05, 3.63) is 0 Å². The quantitative estimate of drug-likeness (QED) is 0.350. The first-order valence-electron chi connectivity index (χ1n) is 14.8. The molecule has 4 aliphatic carbocycles. The van der Waals surface area contributed by atoms with Gasteiger partial charge in [0.1, 0.15) is 0 Å². The SMILES string of the molecule is CC(C)CCC[C@@H](C)C1CCC2C3CC(NCCCN)C4CC(O)CCC4(C)C3CCC21C. The number of rotatable bonds is 9. The zero-order chi connectivity index (χ0) is 23.8. The van der Waals surface area contributed by atoms with Crippen LogP contribution in [0, 0.1) is 52.3 Å². The summed E-state index contributed by atoms with van der Waals surface area (Å²) < 4.78 is 0. The fraction of sp³-hybridized carbons (Fsp3) is 1.00. The zero-order valence-electron chi connectivity index (χ0n) is 22.6. The third-order valence-corrected chi connectivity index (χ3v) is 11.7. The Morgan fingerprint density at radius 3 is 2.33 bits per heavy atom. The molecule has 4 rings (SSSR count). The fourth-order valence-electron chi connectivity index (χ4n) is 9.96. The Morgan fingerprint density at radius 1 is 0.879 bits per heavy atom. The van der Waals surface area contributed by atoms with Crippen LogP contribution in [0.25, 0.3) is 0 Å². The van der Waals surface area contributed by atoms with Crippen molar-refractivity contribution in [2.24, 2.45) is 58.0 Å². The molecule has 3 heteroatoms. The average Bonchev–Trinajstić information content (AvgIpc) is 3.12. The molecule has 0 spiro atoms. The van der Waals surface area contributed by atoms with Gasteiger partial charge in [0.05, 0.1) is 6.10 Å². The van der Waals surface area contributed by atoms with Crippen molar-refractivity contribution in [2.45, 2.75) is 124 Å². The van der Waals surface area contributed by atoms with Gasteiger partial charge in [0, 0.05) is 6.04 Å². The summed E-state index contributed by atoms with van der Waals surface area (Å²) in [6.45, 7) is 14.5. The van der Waals surface area contributed by atoms with Crippen LogP contribution in [0.3, 0.4) is 0 Å². The van der Waals surface area contributed by atoms with Crippen LogP contribution >= 0.6 is 0 Å². The van der Waals surface area contributed by atoms with Crippen molar-refractivity contribution in [3.63, 3.8) is 0 Å². The largest absolute Gasteiger partial charge is 0.393 e. The molecular formula is C30H56N2O. The van der Waals surface area contributed by atoms with Gasteiger partial charge in [0.15, 0.2) is 0 Å². The molecule has 4 fully saturated rings. The molecule has 0 heterocycles. The van der Waals surface area contributed by atoms with Gasteiger partial charge in [-0.2, -0.15) is 0 Å². The van der Waals surface area contributed by atoms with Gasteiger partial charge >= 0.3 is 0 Å². The second-order valence-corrected chi connectivity index (χ2v) is 13.9. The Balaban J connectivity index is 1.52. The number of aliphatic hydroxyl groups is 1. The maximum absolute atomic E-state index is 10.6. The van der Waals surface area contributed by atoms with Crippen molar-refractivity contribution >= 4 is 0 Å². The first-order chi connectivity index (χ1) is 15.7. The maximum atomic E-state index is 10.6. The Morgan fingerprint density at radius 2 is 1.61 bits per heavy atom. The van der Waals surface area contributed by atoms with Crippen molar-refractivity contribution in [2.75, 3.05) is 13.1 Å². The molecule has 4 aliphatic rings. The summed E-state index contributed by atoms with van der Waals surface area (Å²) in [5, 5.41) is 14.6. The lowest BCUT2D eigenvalue weighted by Gasteiger charge is -2.63. The number of nitrogens with two attached hydrogens (primary N) is 1. The Labute approximate surface area is 205 Å². The molecule has 192 valence electrons. The van der Waals surface area contributed by atoms with E-state index in [1.165, 1.54) is 57.8 Å². The molecule has 0 aliphatic heterocycles. The molecule has 0 bridgehead atoms. The van der Waals surface area contributed by atoms with Crippen LogP contribution < -0.4 is 11.1 Å². The highest BCUT2D eigenvalue weighted by molar-refractivity contribution is 5.12. The molecule has 10 atom stereocenters. The summed E-state index contributed by atoms with van der Waals surface area (Å²) in [4.78, 5) is 0. The van der Waals surface area contributed by atoms with Gasteiger partial charge in [-0.1, -0.05) is 53.9 Å². The van der Waals surface area contributed by atoms with Gasteiger partial charge in [-0.15, -0.1) is 0 Å². The van der Waals surface area contributed by atoms with Crippen LogP contribution in [-0.2, 0) is 0 Å². The van der Waals surface area contributed by atoms with Crippen molar-refractivity contribution < 1.29 is 5.11 Å². The summed E-state index contributed by atoms with van der Waals surface area (Å²) in [5.74, 6) is 5.95. The highest BCUT2D eigenvalue weighted by atomic mass is 16.3. The summed E-state index contributed by atoms with van der Waals surface area (Å²) in [6, 6.07) is 0.572. The summed E-state index contributed by atoms with van der Waals surface area (Å²) in [7, 11) is 0. The molecule has 0 amide bonds. The monoisotopic (exact) mass is 460 g/mol. The van der Waals surface area contributed by atoms with Gasteiger partial charge in [-0.3, -0.25) is 0 Å². The lowest BCUT2D eigenvalue weighted by molar-refractivity contribution is -0.141. The third-order valence-electron chi connectivity index (χ3n) is 11.7. The lowest BCUT2D eigenvalue weighted by atomic mass is 9.43. The van der Waals surface area contributed by atoms with E-state index in [4.69, 9.17) is 5.73 Å². The zero-order valence-corrected chi connectivity index (χ0v) is 22.6. The number of fused-ring (bicyclic) bond motifs is 5. The smallest absolute Gasteiger partial charge is 0.0543 e. The fourth-order valence-corrected chi connectivity index (χ4v) is 9.96. The van der Waals surface area contributed by atoms with E-state index in [0.29, 0.717) is 22.8 Å². The van der Waals surface area contributed by atoms with Gasteiger partial charge in [0.2, 0.25) is 0 Å². The molecule has 0 radical (unpaired) electrons. The van der Waals surface area contributed by atoms with Gasteiger partial charge in [-0.05, 0) is 123 Å². The van der Waals surface area contributed by atoms with E-state index in [2.05, 4.69) is 39.9 Å². The van der Waals surface area contributed by atoms with Crippen LogP contribution in [0.15, 0.2) is 0 Å². The third kappa shape index (κ3) is 4.94. The molecule has 4 saturated carbocycles. The van der Waals surface area contributed by atoms with Crippen LogP contribution in [0.2, 0.25) is 0 Å². The lowest BCUT2D eigenvalue weighted by Crippen LogP contribution is -2.61. The van der Waals surface area contributed by atoms with Crippen LogP contribution in [0.5, 0.6) is 0 Å². The minimum atomic E-state index is -0.0881. The molecule has 33 heavy (non-hydrogen) atoms. The minimum absolute atomic E-state index is 0.0881. The van der Waals surface area contributed by atoms with E-state index in [0.717, 1.165) is 67.9 Å². The van der Waals surface area contributed by atoms with Gasteiger partial charge in [-0.25, -0.2) is 0 Å². The van der Waals surface area contributed by atoms with Crippen molar-refractivity contribution in [1.29, 1.82) is 0 Å². The molecule has 0 aromatic rings. The van der Waals surface area contributed by atoms with E-state index >= 15 is 0 Å². The van der Waals surface area contributed by atoms with E-state index in [-0.39, 0.29) is 6.10 Å². The molecule has 3 nitrogen and oxygen atoms in total. The van der Waals surface area contributed by atoms with Crippen LogP contribution in [-0.4, -0.2) is 30.3 Å². The molecule has 9 unspecified atom stereocenters.